The molecule has 1 aromatic rings. The highest BCUT2D eigenvalue weighted by atomic mass is 35.5. The smallest absolute Gasteiger partial charge is 0.250 e. The van der Waals surface area contributed by atoms with Gasteiger partial charge in [-0.3, -0.25) is 10.1 Å². The van der Waals surface area contributed by atoms with E-state index in [1.54, 1.807) is 18.5 Å². The second-order valence-electron chi connectivity index (χ2n) is 2.89. The van der Waals surface area contributed by atoms with Crippen molar-refractivity contribution in [1.82, 2.24) is 5.32 Å². The van der Waals surface area contributed by atoms with Gasteiger partial charge in [-0.2, -0.15) is 5.26 Å². The maximum atomic E-state index is 11.0. The van der Waals surface area contributed by atoms with Crippen molar-refractivity contribution in [3.8, 4) is 6.19 Å². The number of hydrogen-bond acceptors (Lipinski definition) is 4. The summed E-state index contributed by atoms with van der Waals surface area (Å²) in [5.41, 5.74) is 5.90. The number of amidine groups is 1. The number of nitriles is 1. The second kappa shape index (κ2) is 6.13. The molecule has 0 heterocycles. The summed E-state index contributed by atoms with van der Waals surface area (Å²) in [5, 5.41) is 11.6. The van der Waals surface area contributed by atoms with Crippen LogP contribution < -0.4 is 11.1 Å². The Hall–Kier alpha value is -1.71. The Kier molecular flexibility index (Phi) is 4.82. The Morgan fingerprint density at radius 2 is 2.35 bits per heavy atom. The van der Waals surface area contributed by atoms with Crippen molar-refractivity contribution in [1.29, 1.82) is 5.26 Å². The lowest BCUT2D eigenvalue weighted by Gasteiger charge is -2.02. The van der Waals surface area contributed by atoms with Crippen LogP contribution in [0.2, 0.25) is 5.02 Å². The van der Waals surface area contributed by atoms with Crippen LogP contribution in [0.1, 0.15) is 10.4 Å². The molecule has 0 aliphatic carbocycles. The molecule has 0 saturated heterocycles. The number of carbonyl (C=O) groups is 1. The van der Waals surface area contributed by atoms with Crippen molar-refractivity contribution < 1.29 is 4.79 Å². The number of nitrogens with one attached hydrogen (secondary N) is 1. The minimum atomic E-state index is -0.592. The molecule has 1 amide bonds. The van der Waals surface area contributed by atoms with Gasteiger partial charge in [-0.1, -0.05) is 23.4 Å². The van der Waals surface area contributed by atoms with Crippen molar-refractivity contribution in [2.75, 3.05) is 6.26 Å². The minimum Gasteiger partial charge on any atom is -0.366 e. The van der Waals surface area contributed by atoms with Crippen LogP contribution in [-0.2, 0) is 0 Å². The van der Waals surface area contributed by atoms with Crippen LogP contribution in [0.25, 0.3) is 0 Å². The average molecular weight is 269 g/mol. The summed E-state index contributed by atoms with van der Waals surface area (Å²) >= 11 is 7.15. The topological polar surface area (TPSA) is 91.3 Å². The van der Waals surface area contributed by atoms with Crippen LogP contribution in [0.4, 0.5) is 5.69 Å². The van der Waals surface area contributed by atoms with Gasteiger partial charge in [-0.25, -0.2) is 4.99 Å². The fourth-order valence-electron chi connectivity index (χ4n) is 1.06. The van der Waals surface area contributed by atoms with Crippen molar-refractivity contribution in [3.05, 3.63) is 28.8 Å². The van der Waals surface area contributed by atoms with E-state index in [9.17, 15) is 4.79 Å². The summed E-state index contributed by atoms with van der Waals surface area (Å²) in [6.07, 6.45) is 3.55. The fourth-order valence-corrected chi connectivity index (χ4v) is 1.68. The largest absolute Gasteiger partial charge is 0.366 e. The van der Waals surface area contributed by atoms with E-state index in [0.717, 1.165) is 0 Å². The lowest BCUT2D eigenvalue weighted by atomic mass is 10.2. The number of rotatable bonds is 2. The maximum absolute atomic E-state index is 11.0. The molecule has 1 aromatic carbocycles. The number of hydrogen-bond donors (Lipinski definition) is 2. The van der Waals surface area contributed by atoms with Crippen molar-refractivity contribution in [3.63, 3.8) is 0 Å². The fraction of sp³-hybridized carbons (Fsp3) is 0.100. The van der Waals surface area contributed by atoms with E-state index >= 15 is 0 Å². The number of carbonyl (C=O) groups excluding carboxylic acids is 1. The van der Waals surface area contributed by atoms with Gasteiger partial charge >= 0.3 is 0 Å². The standard InChI is InChI=1S/C10H9ClN4OS/c1-17-10(14-5-12)15-6-2-3-7(9(13)16)8(11)4-6/h2-4H,1H3,(H2,13,16)(H,14,15). The van der Waals surface area contributed by atoms with Crippen LogP contribution in [0.5, 0.6) is 0 Å². The van der Waals surface area contributed by atoms with Crippen LogP contribution in [0, 0.1) is 11.5 Å². The van der Waals surface area contributed by atoms with Gasteiger partial charge in [0.25, 0.3) is 0 Å². The molecule has 0 atom stereocenters. The molecule has 0 saturated carbocycles. The Morgan fingerprint density at radius 3 is 2.82 bits per heavy atom. The third-order valence-electron chi connectivity index (χ3n) is 1.80. The molecule has 0 bridgehead atoms. The first-order valence-electron chi connectivity index (χ1n) is 4.45. The summed E-state index contributed by atoms with van der Waals surface area (Å²) in [4.78, 5) is 15.1. The van der Waals surface area contributed by atoms with E-state index < -0.39 is 5.91 Å². The van der Waals surface area contributed by atoms with E-state index in [1.165, 1.54) is 23.9 Å². The lowest BCUT2D eigenvalue weighted by Crippen LogP contribution is -2.13. The molecule has 17 heavy (non-hydrogen) atoms. The molecular weight excluding hydrogens is 260 g/mol. The highest BCUT2D eigenvalue weighted by Gasteiger charge is 2.07. The van der Waals surface area contributed by atoms with Crippen LogP contribution in [-0.4, -0.2) is 17.3 Å². The Morgan fingerprint density at radius 1 is 1.65 bits per heavy atom. The molecular formula is C10H9ClN4OS. The first kappa shape index (κ1) is 13.4. The molecule has 0 fully saturated rings. The SMILES string of the molecule is CSC(=Nc1ccc(C(N)=O)c(Cl)c1)NC#N. The Balaban J connectivity index is 3.06. The summed E-state index contributed by atoms with van der Waals surface area (Å²) < 4.78 is 0. The van der Waals surface area contributed by atoms with Gasteiger partial charge < -0.3 is 5.73 Å². The number of amides is 1. The van der Waals surface area contributed by atoms with Gasteiger partial charge in [0, 0.05) is 0 Å². The minimum absolute atomic E-state index is 0.233. The summed E-state index contributed by atoms with van der Waals surface area (Å²) in [5.74, 6) is -0.592. The molecule has 1 rings (SSSR count). The predicted molar refractivity (Wildman–Crippen MR) is 69.3 cm³/mol. The van der Waals surface area contributed by atoms with Crippen LogP contribution >= 0.6 is 23.4 Å². The van der Waals surface area contributed by atoms with E-state index in [-0.39, 0.29) is 10.6 Å². The summed E-state index contributed by atoms with van der Waals surface area (Å²) in [6, 6.07) is 4.60. The second-order valence-corrected chi connectivity index (χ2v) is 4.09. The number of aliphatic imine (C=N–C) groups is 1. The summed E-state index contributed by atoms with van der Waals surface area (Å²) in [6.45, 7) is 0. The van der Waals surface area contributed by atoms with Crippen molar-refractivity contribution >= 4 is 40.1 Å². The molecule has 0 unspecified atom stereocenters. The number of nitrogens with zero attached hydrogens (tertiary/aromatic N) is 2. The molecule has 0 aliphatic heterocycles. The third kappa shape index (κ3) is 3.66. The highest BCUT2D eigenvalue weighted by molar-refractivity contribution is 8.13. The van der Waals surface area contributed by atoms with E-state index in [1.807, 2.05) is 0 Å². The van der Waals surface area contributed by atoms with Gasteiger partial charge in [0.2, 0.25) is 5.91 Å². The molecule has 5 nitrogen and oxygen atoms in total. The predicted octanol–water partition coefficient (Wildman–Crippen LogP) is 1.86. The number of halogens is 1. The third-order valence-corrected chi connectivity index (χ3v) is 2.70. The molecule has 0 spiro atoms. The Bertz CT molecular complexity index is 510. The van der Waals surface area contributed by atoms with E-state index in [0.29, 0.717) is 10.9 Å². The lowest BCUT2D eigenvalue weighted by molar-refractivity contribution is 0.100. The molecule has 0 aromatic heterocycles. The molecule has 88 valence electrons. The van der Waals surface area contributed by atoms with Crippen molar-refractivity contribution in [2.24, 2.45) is 10.7 Å². The van der Waals surface area contributed by atoms with Crippen LogP contribution in [0.3, 0.4) is 0 Å². The molecule has 0 aliphatic rings. The Labute approximate surface area is 108 Å². The first-order chi connectivity index (χ1) is 8.08. The zero-order valence-corrected chi connectivity index (χ0v) is 10.5. The zero-order chi connectivity index (χ0) is 12.8. The van der Waals surface area contributed by atoms with Crippen molar-refractivity contribution in [2.45, 2.75) is 0 Å². The number of thioether (sulfide) groups is 1. The van der Waals surface area contributed by atoms with E-state index in [4.69, 9.17) is 22.6 Å². The van der Waals surface area contributed by atoms with Gasteiger partial charge in [-0.15, -0.1) is 0 Å². The highest BCUT2D eigenvalue weighted by Crippen LogP contribution is 2.23. The van der Waals surface area contributed by atoms with Gasteiger partial charge in [0.05, 0.1) is 16.3 Å². The maximum Gasteiger partial charge on any atom is 0.250 e. The summed E-state index contributed by atoms with van der Waals surface area (Å²) in [7, 11) is 0. The van der Waals surface area contributed by atoms with E-state index in [2.05, 4.69) is 10.3 Å². The van der Waals surface area contributed by atoms with Gasteiger partial charge in [-0.05, 0) is 24.5 Å². The number of nitrogens with two attached hydrogens (primary N) is 1. The zero-order valence-electron chi connectivity index (χ0n) is 8.90. The monoisotopic (exact) mass is 268 g/mol. The molecule has 3 N–H and O–H groups in total. The first-order valence-corrected chi connectivity index (χ1v) is 6.06. The average Bonchev–Trinajstić information content (AvgIpc) is 2.28. The molecule has 0 radical (unpaired) electrons. The molecule has 7 heteroatoms. The normalized spacial score (nSPS) is 10.8. The number of primary amides is 1. The van der Waals surface area contributed by atoms with Gasteiger partial charge in [0.1, 0.15) is 0 Å². The van der Waals surface area contributed by atoms with Crippen LogP contribution in [0.15, 0.2) is 23.2 Å². The van der Waals surface area contributed by atoms with Gasteiger partial charge in [0.15, 0.2) is 11.4 Å². The quantitative estimate of drug-likeness (QED) is 0.371. The number of benzene rings is 1.